The molecule has 0 unspecified atom stereocenters. The van der Waals surface area contributed by atoms with Gasteiger partial charge in [0.25, 0.3) is 0 Å². The van der Waals surface area contributed by atoms with Crippen LogP contribution in [0.4, 0.5) is 0 Å². The number of benzene rings is 1. The summed E-state index contributed by atoms with van der Waals surface area (Å²) in [7, 11) is 0. The van der Waals surface area contributed by atoms with Gasteiger partial charge in [0, 0.05) is 18.0 Å². The molecule has 1 aromatic heterocycles. The molecule has 87 valence electrons. The highest BCUT2D eigenvalue weighted by molar-refractivity contribution is 5.84. The predicted octanol–water partition coefficient (Wildman–Crippen LogP) is 2.89. The highest BCUT2D eigenvalue weighted by Crippen LogP contribution is 2.23. The van der Waals surface area contributed by atoms with Crippen molar-refractivity contribution >= 4 is 17.2 Å². The minimum Gasteiger partial charge on any atom is -0.493 e. The fourth-order valence-corrected chi connectivity index (χ4v) is 1.68. The number of unbranched alkanes of at least 4 members (excludes halogenated alkanes) is 2. The Morgan fingerprint density at radius 3 is 3.00 bits per heavy atom. The first-order valence-electron chi connectivity index (χ1n) is 5.73. The normalized spacial score (nSPS) is 10.4. The van der Waals surface area contributed by atoms with Gasteiger partial charge in [0.15, 0.2) is 6.29 Å². The van der Waals surface area contributed by atoms with E-state index in [-0.39, 0.29) is 0 Å². The number of nitrogens with zero attached hydrogens (tertiary/aromatic N) is 1. The quantitative estimate of drug-likeness (QED) is 0.713. The second-order valence-corrected chi connectivity index (χ2v) is 3.78. The second kappa shape index (κ2) is 5.99. The lowest BCUT2D eigenvalue weighted by molar-refractivity contribution is 0.311. The Kier molecular flexibility index (Phi) is 4.08. The van der Waals surface area contributed by atoms with Gasteiger partial charge in [-0.1, -0.05) is 6.07 Å². The van der Waals surface area contributed by atoms with Crippen molar-refractivity contribution in [1.82, 2.24) is 4.98 Å². The molecule has 3 heteroatoms. The van der Waals surface area contributed by atoms with Crippen LogP contribution in [0.15, 0.2) is 36.5 Å². The molecule has 2 rings (SSSR count). The van der Waals surface area contributed by atoms with E-state index in [4.69, 9.17) is 4.74 Å². The number of rotatable bonds is 6. The molecule has 0 bridgehead atoms. The van der Waals surface area contributed by atoms with Crippen molar-refractivity contribution in [2.24, 2.45) is 0 Å². The first-order valence-corrected chi connectivity index (χ1v) is 5.73. The Balaban J connectivity index is 2.01. The number of hydrogen-bond donors (Lipinski definition) is 0. The lowest BCUT2D eigenvalue weighted by Crippen LogP contribution is -1.98. The van der Waals surface area contributed by atoms with Crippen LogP contribution in [0.1, 0.15) is 19.3 Å². The molecule has 0 fully saturated rings. The maximum Gasteiger partial charge on any atom is 0.198 e. The molecular weight excluding hydrogens is 214 g/mol. The minimum absolute atomic E-state index is 0.487. The molecule has 0 aliphatic heterocycles. The molecule has 0 spiro atoms. The van der Waals surface area contributed by atoms with Gasteiger partial charge in [-0.25, -0.2) is 0 Å². The third-order valence-electron chi connectivity index (χ3n) is 2.54. The Morgan fingerprint density at radius 2 is 2.12 bits per heavy atom. The largest absolute Gasteiger partial charge is 0.493 e. The predicted molar refractivity (Wildman–Crippen MR) is 66.8 cm³/mol. The molecule has 1 radical (unpaired) electrons. The summed E-state index contributed by atoms with van der Waals surface area (Å²) in [6.45, 7) is 0.621. The van der Waals surface area contributed by atoms with E-state index in [1.807, 2.05) is 36.6 Å². The van der Waals surface area contributed by atoms with Crippen LogP contribution in [0.25, 0.3) is 10.9 Å². The Morgan fingerprint density at radius 1 is 1.18 bits per heavy atom. The summed E-state index contributed by atoms with van der Waals surface area (Å²) >= 11 is 0. The lowest BCUT2D eigenvalue weighted by Gasteiger charge is -2.08. The van der Waals surface area contributed by atoms with E-state index in [1.54, 1.807) is 6.20 Å². The summed E-state index contributed by atoms with van der Waals surface area (Å²) in [6, 6.07) is 9.73. The third-order valence-corrected chi connectivity index (χ3v) is 2.54. The molecule has 3 nitrogen and oxygen atoms in total. The molecular formula is C14H14NO2. The van der Waals surface area contributed by atoms with Gasteiger partial charge in [-0.3, -0.25) is 9.78 Å². The smallest absolute Gasteiger partial charge is 0.198 e. The highest BCUT2D eigenvalue weighted by Gasteiger charge is 2.01. The molecule has 1 heterocycles. The number of fused-ring (bicyclic) bond motifs is 1. The van der Waals surface area contributed by atoms with Crippen molar-refractivity contribution in [1.29, 1.82) is 0 Å². The van der Waals surface area contributed by atoms with Gasteiger partial charge < -0.3 is 4.74 Å². The van der Waals surface area contributed by atoms with Crippen LogP contribution in [0.2, 0.25) is 0 Å². The van der Waals surface area contributed by atoms with Crippen molar-refractivity contribution < 1.29 is 9.53 Å². The van der Waals surface area contributed by atoms with E-state index >= 15 is 0 Å². The van der Waals surface area contributed by atoms with Crippen LogP contribution in [0.3, 0.4) is 0 Å². The summed E-state index contributed by atoms with van der Waals surface area (Å²) < 4.78 is 5.70. The van der Waals surface area contributed by atoms with Crippen LogP contribution in [-0.4, -0.2) is 17.9 Å². The molecule has 1 aromatic carbocycles. The number of pyridine rings is 1. The van der Waals surface area contributed by atoms with Crippen molar-refractivity contribution in [3.05, 3.63) is 36.5 Å². The summed E-state index contributed by atoms with van der Waals surface area (Å²) in [5.74, 6) is 0.852. The van der Waals surface area contributed by atoms with Crippen LogP contribution in [0, 0.1) is 0 Å². The summed E-state index contributed by atoms with van der Waals surface area (Å²) in [5.41, 5.74) is 0.936. The Hall–Kier alpha value is -1.90. The molecule has 0 saturated carbocycles. The SMILES string of the molecule is O=[C]CCCCOc1cccc2ncccc12. The first kappa shape index (κ1) is 11.6. The van der Waals surface area contributed by atoms with E-state index in [1.165, 1.54) is 0 Å². The Bertz CT molecular complexity index is 491. The molecule has 0 aliphatic rings. The van der Waals surface area contributed by atoms with Crippen molar-refractivity contribution in [3.8, 4) is 5.75 Å². The standard InChI is InChI=1S/C14H14NO2/c16-10-2-1-3-11-17-14-8-4-7-13-12(14)6-5-9-15-13/h4-9H,1-3,11H2. The van der Waals surface area contributed by atoms with Gasteiger partial charge in [-0.05, 0) is 37.1 Å². The average Bonchev–Trinajstić information content (AvgIpc) is 2.39. The average molecular weight is 228 g/mol. The fourth-order valence-electron chi connectivity index (χ4n) is 1.68. The van der Waals surface area contributed by atoms with Crippen molar-refractivity contribution in [2.45, 2.75) is 19.3 Å². The van der Waals surface area contributed by atoms with Crippen LogP contribution < -0.4 is 4.74 Å². The molecule has 0 N–H and O–H groups in total. The van der Waals surface area contributed by atoms with Gasteiger partial charge in [0.2, 0.25) is 0 Å². The first-order chi connectivity index (χ1) is 8.42. The second-order valence-electron chi connectivity index (χ2n) is 3.78. The van der Waals surface area contributed by atoms with Crippen molar-refractivity contribution in [2.75, 3.05) is 6.61 Å². The molecule has 17 heavy (non-hydrogen) atoms. The van der Waals surface area contributed by atoms with Gasteiger partial charge in [0.1, 0.15) is 5.75 Å². The van der Waals surface area contributed by atoms with E-state index < -0.39 is 0 Å². The summed E-state index contributed by atoms with van der Waals surface area (Å²) in [6.07, 6.45) is 5.83. The van der Waals surface area contributed by atoms with Crippen LogP contribution in [-0.2, 0) is 4.79 Å². The number of aromatic nitrogens is 1. The molecule has 0 amide bonds. The van der Waals surface area contributed by atoms with Gasteiger partial charge in [-0.2, -0.15) is 0 Å². The van der Waals surface area contributed by atoms with Gasteiger partial charge in [0.05, 0.1) is 12.1 Å². The zero-order chi connectivity index (χ0) is 11.9. The molecule has 0 atom stereocenters. The summed E-state index contributed by atoms with van der Waals surface area (Å²) in [4.78, 5) is 14.3. The number of hydrogen-bond acceptors (Lipinski definition) is 3. The summed E-state index contributed by atoms with van der Waals surface area (Å²) in [5, 5.41) is 1.02. The van der Waals surface area contributed by atoms with E-state index in [9.17, 15) is 4.79 Å². The molecule has 2 aromatic rings. The van der Waals surface area contributed by atoms with Crippen LogP contribution >= 0.6 is 0 Å². The zero-order valence-corrected chi connectivity index (χ0v) is 9.56. The third kappa shape index (κ3) is 3.03. The zero-order valence-electron chi connectivity index (χ0n) is 9.56. The maximum absolute atomic E-state index is 10.0. The topological polar surface area (TPSA) is 39.2 Å². The lowest BCUT2D eigenvalue weighted by atomic mass is 10.2. The molecule has 0 saturated heterocycles. The highest BCUT2D eigenvalue weighted by atomic mass is 16.5. The number of ether oxygens (including phenoxy) is 1. The van der Waals surface area contributed by atoms with E-state index in [0.717, 1.165) is 29.5 Å². The van der Waals surface area contributed by atoms with Crippen molar-refractivity contribution in [3.63, 3.8) is 0 Å². The van der Waals surface area contributed by atoms with Crippen LogP contribution in [0.5, 0.6) is 5.75 Å². The monoisotopic (exact) mass is 228 g/mol. The fraction of sp³-hybridized carbons (Fsp3) is 0.286. The molecule has 0 aliphatic carbocycles. The number of carbonyl (C=O) groups excluding carboxylic acids is 1. The van der Waals surface area contributed by atoms with E-state index in [0.29, 0.717) is 13.0 Å². The van der Waals surface area contributed by atoms with E-state index in [2.05, 4.69) is 4.98 Å². The Labute approximate surface area is 100 Å². The minimum atomic E-state index is 0.487. The maximum atomic E-state index is 10.0. The van der Waals surface area contributed by atoms with Gasteiger partial charge in [-0.15, -0.1) is 0 Å². The van der Waals surface area contributed by atoms with Gasteiger partial charge >= 0.3 is 0 Å².